The van der Waals surface area contributed by atoms with Crippen molar-refractivity contribution in [2.24, 2.45) is 0 Å². The van der Waals surface area contributed by atoms with E-state index in [1.807, 2.05) is 215 Å². The third-order valence-electron chi connectivity index (χ3n) is 16.5. The quantitative estimate of drug-likeness (QED) is 0.116. The summed E-state index contributed by atoms with van der Waals surface area (Å²) in [5.74, 6) is 1.86. The van der Waals surface area contributed by atoms with Crippen LogP contribution in [0.3, 0.4) is 0 Å². The number of halogens is 6. The topological polar surface area (TPSA) is 126 Å². The number of nitrogens with zero attached hydrogens (tertiary/aromatic N) is 11. The minimum absolute atomic E-state index is 0.0158. The van der Waals surface area contributed by atoms with Gasteiger partial charge in [-0.15, -0.1) is 0 Å². The summed E-state index contributed by atoms with van der Waals surface area (Å²) in [6.45, 7) is 0. The summed E-state index contributed by atoms with van der Waals surface area (Å²) in [5, 5.41) is 3.04. The zero-order valence-corrected chi connectivity index (χ0v) is 49.2. The van der Waals surface area contributed by atoms with E-state index in [1.54, 1.807) is 30.3 Å². The number of alkyl halides is 6. The fourth-order valence-electron chi connectivity index (χ4n) is 12.1. The molecule has 0 amide bonds. The van der Waals surface area contributed by atoms with Gasteiger partial charge < -0.3 is 9.13 Å². The fourth-order valence-corrected chi connectivity index (χ4v) is 12.1. The van der Waals surface area contributed by atoms with Crippen LogP contribution in [-0.4, -0.2) is 54.0 Å². The van der Waals surface area contributed by atoms with E-state index in [9.17, 15) is 0 Å². The zero-order valence-electron chi connectivity index (χ0n) is 49.2. The third kappa shape index (κ3) is 10.4. The second-order valence-corrected chi connectivity index (χ2v) is 22.4. The molecule has 17 heteroatoms. The molecule has 5 aromatic heterocycles. The first-order chi connectivity index (χ1) is 45.8. The van der Waals surface area contributed by atoms with Gasteiger partial charge in [-0.3, -0.25) is 0 Å². The summed E-state index contributed by atoms with van der Waals surface area (Å²) >= 11 is 0. The largest absolute Gasteiger partial charge is 0.416 e. The average Bonchev–Trinajstić information content (AvgIpc) is 1.60. The van der Waals surface area contributed by atoms with Crippen LogP contribution in [0.25, 0.3) is 157 Å². The summed E-state index contributed by atoms with van der Waals surface area (Å²) in [5.41, 5.74) is 5.18. The Morgan fingerprint density at radius 2 is 0.468 bits per heavy atom. The number of rotatable bonds is 11. The zero-order chi connectivity index (χ0) is 63.7. The van der Waals surface area contributed by atoms with E-state index in [-0.39, 0.29) is 40.0 Å². The van der Waals surface area contributed by atoms with Crippen LogP contribution in [0.4, 0.5) is 26.3 Å². The Kier molecular flexibility index (Phi) is 13.8. The van der Waals surface area contributed by atoms with E-state index < -0.39 is 23.5 Å². The third-order valence-corrected chi connectivity index (χ3v) is 16.5. The van der Waals surface area contributed by atoms with E-state index in [1.165, 1.54) is 12.1 Å². The summed E-state index contributed by atoms with van der Waals surface area (Å²) in [4.78, 5) is 44.8. The van der Waals surface area contributed by atoms with Gasteiger partial charge in [-0.2, -0.15) is 26.3 Å². The van der Waals surface area contributed by atoms with Crippen molar-refractivity contribution in [2.75, 3.05) is 0 Å². The minimum Gasteiger partial charge on any atom is -0.308 e. The Hall–Kier alpha value is -12.4. The molecule has 0 aliphatic rings. The van der Waals surface area contributed by atoms with Crippen LogP contribution in [0.2, 0.25) is 0 Å². The van der Waals surface area contributed by atoms with Crippen LogP contribution in [0.5, 0.6) is 0 Å². The summed E-state index contributed by atoms with van der Waals surface area (Å²) in [7, 11) is 0. The van der Waals surface area contributed by atoms with E-state index in [4.69, 9.17) is 44.9 Å². The standard InChI is InChI=1S/C77H45F6N11/c78-76(79,80)53-36-40-63(93-61-32-18-16-30-55(61)57-38-34-51(42-65(57)93)72-86-67(46-20-6-1-7-21-46)84-68(87-72)47-22-8-2-9-23-47)59(44-53)74-90-71(50-28-14-5-15-29-50)91-75(92-74)60-45-54(77(81,82)83)37-41-64(60)94-62-33-19-17-31-56(62)58-39-35-52(43-66(58)94)73-88-69(48-24-10-3-11-25-48)85-70(89-73)49-26-12-4-13-27-49/h1-45H. The number of hydrogen-bond donors (Lipinski definition) is 0. The Balaban J connectivity index is 0.932. The molecular formula is C77H45F6N11. The predicted molar refractivity (Wildman–Crippen MR) is 354 cm³/mol. The molecule has 0 aliphatic heterocycles. The smallest absolute Gasteiger partial charge is 0.308 e. The predicted octanol–water partition coefficient (Wildman–Crippen LogP) is 19.5. The van der Waals surface area contributed by atoms with Gasteiger partial charge in [0, 0.05) is 71.6 Å². The van der Waals surface area contributed by atoms with E-state index in [0.717, 1.165) is 68.1 Å². The second-order valence-electron chi connectivity index (χ2n) is 22.4. The summed E-state index contributed by atoms with van der Waals surface area (Å²) < 4.78 is 96.4. The molecule has 450 valence electrons. The van der Waals surface area contributed by atoms with E-state index >= 15 is 26.3 Å². The summed E-state index contributed by atoms with van der Waals surface area (Å²) in [6, 6.07) is 79.9. The Labute approximate surface area is 531 Å². The van der Waals surface area contributed by atoms with Gasteiger partial charge >= 0.3 is 12.4 Å². The van der Waals surface area contributed by atoms with Crippen molar-refractivity contribution < 1.29 is 26.3 Å². The lowest BCUT2D eigenvalue weighted by Crippen LogP contribution is -2.10. The van der Waals surface area contributed by atoms with Crippen LogP contribution in [0.1, 0.15) is 11.1 Å². The van der Waals surface area contributed by atoms with Gasteiger partial charge in [0.15, 0.2) is 52.4 Å². The average molecular weight is 1240 g/mol. The van der Waals surface area contributed by atoms with Crippen LogP contribution >= 0.6 is 0 Å². The van der Waals surface area contributed by atoms with Crippen molar-refractivity contribution in [3.05, 3.63) is 284 Å². The molecule has 11 aromatic carbocycles. The molecule has 11 nitrogen and oxygen atoms in total. The lowest BCUT2D eigenvalue weighted by Gasteiger charge is -2.19. The lowest BCUT2D eigenvalue weighted by atomic mass is 10.0. The van der Waals surface area contributed by atoms with Crippen LogP contribution in [-0.2, 0) is 12.4 Å². The molecule has 0 unspecified atom stereocenters. The minimum atomic E-state index is -4.87. The van der Waals surface area contributed by atoms with Gasteiger partial charge in [0.1, 0.15) is 0 Å². The first-order valence-corrected chi connectivity index (χ1v) is 29.9. The van der Waals surface area contributed by atoms with Gasteiger partial charge in [0.2, 0.25) is 0 Å². The number of aromatic nitrogens is 11. The highest BCUT2D eigenvalue weighted by Crippen LogP contribution is 2.44. The highest BCUT2D eigenvalue weighted by Gasteiger charge is 2.35. The van der Waals surface area contributed by atoms with Crippen molar-refractivity contribution in [3.63, 3.8) is 0 Å². The number of hydrogen-bond acceptors (Lipinski definition) is 9. The van der Waals surface area contributed by atoms with Gasteiger partial charge in [-0.1, -0.05) is 212 Å². The Morgan fingerprint density at radius 1 is 0.213 bits per heavy atom. The highest BCUT2D eigenvalue weighted by atomic mass is 19.4. The molecule has 0 radical (unpaired) electrons. The Morgan fingerprint density at radius 3 is 0.777 bits per heavy atom. The second kappa shape index (κ2) is 22.8. The molecule has 94 heavy (non-hydrogen) atoms. The molecular weight excluding hydrogens is 1190 g/mol. The normalized spacial score (nSPS) is 11.9. The maximum Gasteiger partial charge on any atom is 0.416 e. The molecule has 0 atom stereocenters. The molecule has 0 fully saturated rings. The van der Waals surface area contributed by atoms with Crippen molar-refractivity contribution >= 4 is 43.6 Å². The van der Waals surface area contributed by atoms with Crippen molar-refractivity contribution in [2.45, 2.75) is 12.4 Å². The Bertz CT molecular complexity index is 5150. The first-order valence-electron chi connectivity index (χ1n) is 29.9. The van der Waals surface area contributed by atoms with E-state index in [0.29, 0.717) is 73.7 Å². The molecule has 0 spiro atoms. The maximum atomic E-state index is 15.5. The molecule has 16 aromatic rings. The van der Waals surface area contributed by atoms with Gasteiger partial charge in [0.05, 0.1) is 44.6 Å². The van der Waals surface area contributed by atoms with E-state index in [2.05, 4.69) is 0 Å². The molecule has 0 N–H and O–H groups in total. The monoisotopic (exact) mass is 1240 g/mol. The van der Waals surface area contributed by atoms with Crippen LogP contribution in [0.15, 0.2) is 273 Å². The van der Waals surface area contributed by atoms with Crippen molar-refractivity contribution in [1.29, 1.82) is 0 Å². The highest BCUT2D eigenvalue weighted by molar-refractivity contribution is 6.12. The molecule has 0 saturated carbocycles. The molecule has 0 aliphatic carbocycles. The maximum absolute atomic E-state index is 15.5. The fraction of sp³-hybridized carbons (Fsp3) is 0.0260. The molecule has 5 heterocycles. The molecule has 0 saturated heterocycles. The first kappa shape index (κ1) is 56.8. The van der Waals surface area contributed by atoms with Gasteiger partial charge in [0.25, 0.3) is 0 Å². The number of fused-ring (bicyclic) bond motifs is 6. The molecule has 16 rings (SSSR count). The summed E-state index contributed by atoms with van der Waals surface area (Å²) in [6.07, 6.45) is -9.75. The van der Waals surface area contributed by atoms with Gasteiger partial charge in [-0.25, -0.2) is 44.9 Å². The lowest BCUT2D eigenvalue weighted by molar-refractivity contribution is -0.138. The number of benzene rings is 11. The van der Waals surface area contributed by atoms with Crippen molar-refractivity contribution in [1.82, 2.24) is 54.0 Å². The van der Waals surface area contributed by atoms with Crippen molar-refractivity contribution in [3.8, 4) is 114 Å². The van der Waals surface area contributed by atoms with Crippen LogP contribution < -0.4 is 0 Å². The van der Waals surface area contributed by atoms with Gasteiger partial charge in [-0.05, 0) is 60.7 Å². The van der Waals surface area contributed by atoms with Crippen LogP contribution in [0, 0.1) is 0 Å². The molecule has 0 bridgehead atoms. The number of para-hydroxylation sites is 2. The SMILES string of the molecule is FC(F)(F)c1ccc(-n2c3ccccc3c3ccc(-c4nc(-c5ccccc5)nc(-c5ccccc5)n4)cc32)c(-c2nc(-c3ccccc3)nc(-c3cc(C(F)(F)F)ccc3-n3c4ccccc4c4ccc(-c5nc(-c6ccccc6)nc(-c6ccccc6)n5)cc43)n2)c1.